The van der Waals surface area contributed by atoms with Crippen molar-refractivity contribution < 1.29 is 8.42 Å². The topological polar surface area (TPSA) is 77.3 Å². The predicted molar refractivity (Wildman–Crippen MR) is 81.5 cm³/mol. The molecule has 0 spiro atoms. The molecule has 0 aliphatic carbocycles. The largest absolute Gasteiger partial charge is 0.285 e. The number of sulfonamides is 1. The van der Waals surface area contributed by atoms with Gasteiger partial charge in [-0.25, -0.2) is 13.4 Å². The average Bonchev–Trinajstić information content (AvgIpc) is 2.92. The first-order valence-corrected chi connectivity index (χ1v) is 9.31. The maximum Gasteiger partial charge on any atom is 0.254 e. The van der Waals surface area contributed by atoms with E-state index in [1.165, 1.54) is 21.8 Å². The fraction of sp³-hybridized carbons (Fsp3) is 0.692. The fourth-order valence-electron chi connectivity index (χ4n) is 2.45. The van der Waals surface area contributed by atoms with Crippen molar-refractivity contribution in [2.24, 2.45) is 0 Å². The van der Waals surface area contributed by atoms with Gasteiger partial charge in [0.15, 0.2) is 4.21 Å². The third kappa shape index (κ3) is 3.61. The maximum absolute atomic E-state index is 12.5. The van der Waals surface area contributed by atoms with E-state index in [4.69, 9.17) is 0 Å². The lowest BCUT2D eigenvalue weighted by Gasteiger charge is -2.35. The third-order valence-electron chi connectivity index (χ3n) is 3.62. The Hall–Kier alpha value is -1.01. The molecule has 0 radical (unpaired) electrons. The first-order chi connectivity index (χ1) is 9.98. The molecule has 21 heavy (non-hydrogen) atoms. The predicted octanol–water partition coefficient (Wildman–Crippen LogP) is 1.45. The van der Waals surface area contributed by atoms with Gasteiger partial charge in [0.1, 0.15) is 0 Å². The Morgan fingerprint density at radius 3 is 2.57 bits per heavy atom. The van der Waals surface area contributed by atoms with Gasteiger partial charge in [-0.3, -0.25) is 4.90 Å². The number of nitriles is 1. The van der Waals surface area contributed by atoms with Gasteiger partial charge in [-0.2, -0.15) is 9.57 Å². The van der Waals surface area contributed by atoms with Crippen LogP contribution in [0.25, 0.3) is 0 Å². The Labute approximate surface area is 130 Å². The summed E-state index contributed by atoms with van der Waals surface area (Å²) in [6, 6.07) is 2.21. The number of hydrogen-bond donors (Lipinski definition) is 0. The molecule has 2 heterocycles. The molecule has 0 saturated carbocycles. The van der Waals surface area contributed by atoms with E-state index in [1.807, 2.05) is 0 Å². The second kappa shape index (κ2) is 6.83. The molecule has 1 aromatic heterocycles. The lowest BCUT2D eigenvalue weighted by atomic mass is 10.1. The van der Waals surface area contributed by atoms with Crippen LogP contribution in [0.5, 0.6) is 0 Å². The second-order valence-corrected chi connectivity index (χ2v) is 8.47. The number of hydrogen-bond acceptors (Lipinski definition) is 6. The van der Waals surface area contributed by atoms with Crippen molar-refractivity contribution in [1.29, 1.82) is 5.26 Å². The number of rotatable bonds is 5. The van der Waals surface area contributed by atoms with Crippen molar-refractivity contribution in [3.63, 3.8) is 0 Å². The van der Waals surface area contributed by atoms with Crippen LogP contribution in [-0.4, -0.2) is 54.8 Å². The van der Waals surface area contributed by atoms with Gasteiger partial charge < -0.3 is 0 Å². The molecule has 116 valence electrons. The van der Waals surface area contributed by atoms with Gasteiger partial charge >= 0.3 is 0 Å². The van der Waals surface area contributed by atoms with Gasteiger partial charge in [0.05, 0.1) is 23.3 Å². The van der Waals surface area contributed by atoms with Gasteiger partial charge in [0.25, 0.3) is 10.0 Å². The van der Waals surface area contributed by atoms with Crippen LogP contribution < -0.4 is 0 Å². The molecule has 0 amide bonds. The molecule has 1 fully saturated rings. The van der Waals surface area contributed by atoms with Crippen LogP contribution in [0, 0.1) is 18.3 Å². The third-order valence-corrected chi connectivity index (χ3v) is 6.87. The van der Waals surface area contributed by atoms with Crippen LogP contribution >= 0.6 is 11.3 Å². The molecular formula is C13H20N4O2S2. The molecule has 1 unspecified atom stereocenters. The Morgan fingerprint density at radius 1 is 1.43 bits per heavy atom. The van der Waals surface area contributed by atoms with Crippen molar-refractivity contribution >= 4 is 21.4 Å². The number of piperazine rings is 1. The van der Waals surface area contributed by atoms with Crippen LogP contribution in [0.4, 0.5) is 0 Å². The smallest absolute Gasteiger partial charge is 0.254 e. The Bertz CT molecular complexity index is 612. The number of aromatic nitrogens is 1. The zero-order valence-electron chi connectivity index (χ0n) is 12.3. The van der Waals surface area contributed by atoms with E-state index in [2.05, 4.69) is 22.9 Å². The molecule has 2 rings (SSSR count). The summed E-state index contributed by atoms with van der Waals surface area (Å²) in [5.41, 5.74) is 0. The summed E-state index contributed by atoms with van der Waals surface area (Å²) >= 11 is 1.20. The Balaban J connectivity index is 2.02. The van der Waals surface area contributed by atoms with Crippen LogP contribution in [0.2, 0.25) is 0 Å². The first kappa shape index (κ1) is 16.4. The molecule has 0 aromatic carbocycles. The standard InChI is InChI=1S/C13H20N4O2S2/c1-3-4-12(9-14)16-5-7-17(8-6-16)21(18,19)13-10-15-11(2)20-13/h10,12H,3-8H2,1-2H3. The van der Waals surface area contributed by atoms with Gasteiger partial charge in [0, 0.05) is 26.2 Å². The van der Waals surface area contributed by atoms with E-state index in [9.17, 15) is 13.7 Å². The monoisotopic (exact) mass is 328 g/mol. The number of thiazole rings is 1. The highest BCUT2D eigenvalue weighted by molar-refractivity contribution is 7.91. The van der Waals surface area contributed by atoms with Crippen molar-refractivity contribution in [2.75, 3.05) is 26.2 Å². The van der Waals surface area contributed by atoms with E-state index in [-0.39, 0.29) is 6.04 Å². The second-order valence-electron chi connectivity index (χ2n) is 5.07. The minimum atomic E-state index is -3.43. The van der Waals surface area contributed by atoms with Crippen LogP contribution in [0.3, 0.4) is 0 Å². The average molecular weight is 328 g/mol. The van der Waals surface area contributed by atoms with Crippen LogP contribution in [0.15, 0.2) is 10.4 Å². The van der Waals surface area contributed by atoms with E-state index < -0.39 is 10.0 Å². The minimum Gasteiger partial charge on any atom is -0.285 e. The lowest BCUT2D eigenvalue weighted by Crippen LogP contribution is -2.51. The van der Waals surface area contributed by atoms with Crippen molar-refractivity contribution in [3.8, 4) is 6.07 Å². The van der Waals surface area contributed by atoms with Crippen LogP contribution in [0.1, 0.15) is 24.8 Å². The quantitative estimate of drug-likeness (QED) is 0.817. The van der Waals surface area contributed by atoms with E-state index in [0.29, 0.717) is 30.4 Å². The van der Waals surface area contributed by atoms with Gasteiger partial charge in [-0.15, -0.1) is 11.3 Å². The summed E-state index contributed by atoms with van der Waals surface area (Å²) < 4.78 is 26.8. The minimum absolute atomic E-state index is 0.106. The molecule has 8 heteroatoms. The highest BCUT2D eigenvalue weighted by atomic mass is 32.2. The molecule has 1 aliphatic heterocycles. The summed E-state index contributed by atoms with van der Waals surface area (Å²) in [7, 11) is -3.43. The summed E-state index contributed by atoms with van der Waals surface area (Å²) in [4.78, 5) is 6.09. The molecule has 0 N–H and O–H groups in total. The van der Waals surface area contributed by atoms with E-state index in [1.54, 1.807) is 6.92 Å². The Morgan fingerprint density at radius 2 is 2.10 bits per heavy atom. The lowest BCUT2D eigenvalue weighted by molar-refractivity contribution is 0.156. The number of nitrogens with zero attached hydrogens (tertiary/aromatic N) is 4. The SMILES string of the molecule is CCCC(C#N)N1CCN(S(=O)(=O)c2cnc(C)s2)CC1. The summed E-state index contributed by atoms with van der Waals surface area (Å²) in [5.74, 6) is 0. The van der Waals surface area contributed by atoms with E-state index >= 15 is 0 Å². The van der Waals surface area contributed by atoms with Gasteiger partial charge in [0.2, 0.25) is 0 Å². The van der Waals surface area contributed by atoms with Gasteiger partial charge in [-0.1, -0.05) is 13.3 Å². The molecular weight excluding hydrogens is 308 g/mol. The molecule has 1 saturated heterocycles. The van der Waals surface area contributed by atoms with E-state index in [0.717, 1.165) is 17.8 Å². The molecule has 1 aromatic rings. The first-order valence-electron chi connectivity index (χ1n) is 7.05. The normalized spacial score (nSPS) is 19.3. The van der Waals surface area contributed by atoms with Crippen LogP contribution in [-0.2, 0) is 10.0 Å². The molecule has 1 aliphatic rings. The van der Waals surface area contributed by atoms with Gasteiger partial charge in [-0.05, 0) is 13.3 Å². The van der Waals surface area contributed by atoms with Crippen molar-refractivity contribution in [2.45, 2.75) is 36.9 Å². The maximum atomic E-state index is 12.5. The zero-order chi connectivity index (χ0) is 15.5. The Kier molecular flexibility index (Phi) is 5.32. The van der Waals surface area contributed by atoms with Crippen molar-refractivity contribution in [3.05, 3.63) is 11.2 Å². The van der Waals surface area contributed by atoms with Crippen molar-refractivity contribution in [1.82, 2.24) is 14.2 Å². The summed E-state index contributed by atoms with van der Waals surface area (Å²) in [6.07, 6.45) is 3.21. The summed E-state index contributed by atoms with van der Waals surface area (Å²) in [6.45, 7) is 5.92. The number of aryl methyl sites for hydroxylation is 1. The summed E-state index contributed by atoms with van der Waals surface area (Å²) in [5, 5.41) is 9.94. The highest BCUT2D eigenvalue weighted by Crippen LogP contribution is 2.23. The molecule has 0 bridgehead atoms. The zero-order valence-corrected chi connectivity index (χ0v) is 14.0. The molecule has 6 nitrogen and oxygen atoms in total. The molecule has 1 atom stereocenters. The highest BCUT2D eigenvalue weighted by Gasteiger charge is 2.31. The fourth-order valence-corrected chi connectivity index (χ4v) is 5.13.